The topological polar surface area (TPSA) is 32.3 Å². The number of aromatic hydroxyl groups is 1. The maximum Gasteiger partial charge on any atom is 0.116 e. The minimum absolute atomic E-state index is 0.367. The first kappa shape index (κ1) is 11.8. The van der Waals surface area contributed by atoms with Crippen LogP contribution in [0.1, 0.15) is 19.3 Å². The number of thioether (sulfide) groups is 1. The summed E-state index contributed by atoms with van der Waals surface area (Å²) < 4.78 is 0. The molecule has 1 saturated heterocycles. The number of nitrogens with one attached hydrogen (secondary N) is 1. The second kappa shape index (κ2) is 6.16. The number of phenols is 1. The Balaban J connectivity index is 1.71. The molecule has 1 aliphatic heterocycles. The zero-order valence-electron chi connectivity index (χ0n) is 9.48. The molecule has 16 heavy (non-hydrogen) atoms. The lowest BCUT2D eigenvalue weighted by molar-refractivity contribution is 0.367. The van der Waals surface area contributed by atoms with Gasteiger partial charge in [0.1, 0.15) is 5.75 Å². The minimum Gasteiger partial charge on any atom is -0.508 e. The summed E-state index contributed by atoms with van der Waals surface area (Å²) in [7, 11) is 0. The summed E-state index contributed by atoms with van der Waals surface area (Å²) in [6, 6.07) is 7.53. The van der Waals surface area contributed by atoms with Crippen LogP contribution in [-0.4, -0.2) is 23.9 Å². The van der Waals surface area contributed by atoms with Crippen molar-refractivity contribution in [2.45, 2.75) is 24.2 Å². The molecule has 0 aromatic heterocycles. The van der Waals surface area contributed by atoms with Crippen molar-refractivity contribution in [3.05, 3.63) is 24.3 Å². The van der Waals surface area contributed by atoms with E-state index in [-0.39, 0.29) is 0 Å². The van der Waals surface area contributed by atoms with E-state index >= 15 is 0 Å². The lowest BCUT2D eigenvalue weighted by atomic mass is 9.96. The van der Waals surface area contributed by atoms with Crippen molar-refractivity contribution in [1.82, 2.24) is 5.32 Å². The lowest BCUT2D eigenvalue weighted by Gasteiger charge is -2.22. The van der Waals surface area contributed by atoms with E-state index in [2.05, 4.69) is 11.4 Å². The minimum atomic E-state index is 0.367. The number of benzene rings is 1. The van der Waals surface area contributed by atoms with Gasteiger partial charge in [0.05, 0.1) is 0 Å². The Morgan fingerprint density at radius 3 is 2.88 bits per heavy atom. The zero-order valence-corrected chi connectivity index (χ0v) is 10.3. The SMILES string of the molecule is Oc1cccc(SCCC2CCNCC2)c1. The van der Waals surface area contributed by atoms with Gasteiger partial charge in [0.25, 0.3) is 0 Å². The van der Waals surface area contributed by atoms with Crippen LogP contribution in [0.5, 0.6) is 5.75 Å². The third kappa shape index (κ3) is 3.72. The van der Waals surface area contributed by atoms with Crippen LogP contribution in [0.4, 0.5) is 0 Å². The van der Waals surface area contributed by atoms with Crippen molar-refractivity contribution in [3.8, 4) is 5.75 Å². The standard InChI is InChI=1S/C13H19NOS/c15-12-2-1-3-13(10-12)16-9-6-11-4-7-14-8-5-11/h1-3,10-11,14-15H,4-9H2. The molecule has 0 saturated carbocycles. The molecule has 0 radical (unpaired) electrons. The number of phenolic OH excluding ortho intramolecular Hbond substituents is 1. The van der Waals surface area contributed by atoms with Gasteiger partial charge in [0.15, 0.2) is 0 Å². The molecule has 0 amide bonds. The van der Waals surface area contributed by atoms with Gasteiger partial charge < -0.3 is 10.4 Å². The summed E-state index contributed by atoms with van der Waals surface area (Å²) in [4.78, 5) is 1.17. The molecule has 1 heterocycles. The molecule has 2 N–H and O–H groups in total. The van der Waals surface area contributed by atoms with Gasteiger partial charge >= 0.3 is 0 Å². The molecular formula is C13H19NOS. The van der Waals surface area contributed by atoms with Crippen molar-refractivity contribution < 1.29 is 5.11 Å². The summed E-state index contributed by atoms with van der Waals surface area (Å²) in [5.74, 6) is 2.42. The van der Waals surface area contributed by atoms with Crippen molar-refractivity contribution in [3.63, 3.8) is 0 Å². The Kier molecular flexibility index (Phi) is 4.55. The summed E-state index contributed by atoms with van der Waals surface area (Å²) in [6.45, 7) is 2.36. The van der Waals surface area contributed by atoms with Crippen LogP contribution >= 0.6 is 11.8 Å². The van der Waals surface area contributed by atoms with E-state index in [9.17, 15) is 5.11 Å². The average molecular weight is 237 g/mol. The third-order valence-electron chi connectivity index (χ3n) is 3.07. The highest BCUT2D eigenvalue weighted by Gasteiger charge is 2.12. The summed E-state index contributed by atoms with van der Waals surface area (Å²) in [5, 5.41) is 12.7. The molecule has 0 spiro atoms. The van der Waals surface area contributed by atoms with E-state index in [1.165, 1.54) is 37.2 Å². The largest absolute Gasteiger partial charge is 0.508 e. The quantitative estimate of drug-likeness (QED) is 0.790. The highest BCUT2D eigenvalue weighted by molar-refractivity contribution is 7.99. The summed E-state index contributed by atoms with van der Waals surface area (Å²) in [5.41, 5.74) is 0. The van der Waals surface area contributed by atoms with Gasteiger partial charge in [-0.15, -0.1) is 11.8 Å². The molecule has 88 valence electrons. The fourth-order valence-electron chi connectivity index (χ4n) is 2.09. The van der Waals surface area contributed by atoms with Gasteiger partial charge in [-0.3, -0.25) is 0 Å². The van der Waals surface area contributed by atoms with Gasteiger partial charge in [-0.05, 0) is 62.2 Å². The van der Waals surface area contributed by atoms with Gasteiger partial charge in [0.2, 0.25) is 0 Å². The Bertz CT molecular complexity index is 323. The molecule has 0 aliphatic carbocycles. The first-order valence-electron chi connectivity index (χ1n) is 5.97. The van der Waals surface area contributed by atoms with Crippen molar-refractivity contribution in [1.29, 1.82) is 0 Å². The van der Waals surface area contributed by atoms with Gasteiger partial charge in [-0.1, -0.05) is 6.07 Å². The van der Waals surface area contributed by atoms with Crippen LogP contribution in [0.25, 0.3) is 0 Å². The van der Waals surface area contributed by atoms with E-state index in [1.807, 2.05) is 23.9 Å². The maximum atomic E-state index is 9.34. The fourth-order valence-corrected chi connectivity index (χ4v) is 3.15. The van der Waals surface area contributed by atoms with Crippen LogP contribution in [0.3, 0.4) is 0 Å². The second-order valence-electron chi connectivity index (χ2n) is 4.33. The highest BCUT2D eigenvalue weighted by Crippen LogP contribution is 2.25. The number of hydrogen-bond donors (Lipinski definition) is 2. The Morgan fingerprint density at radius 1 is 1.31 bits per heavy atom. The monoisotopic (exact) mass is 237 g/mol. The molecule has 3 heteroatoms. The van der Waals surface area contributed by atoms with Crippen LogP contribution in [0.15, 0.2) is 29.2 Å². The van der Waals surface area contributed by atoms with Gasteiger partial charge in [0, 0.05) is 4.90 Å². The smallest absolute Gasteiger partial charge is 0.116 e. The third-order valence-corrected chi connectivity index (χ3v) is 4.10. The molecule has 0 unspecified atom stereocenters. The molecule has 0 bridgehead atoms. The summed E-state index contributed by atoms with van der Waals surface area (Å²) in [6.07, 6.45) is 3.93. The first-order valence-corrected chi connectivity index (χ1v) is 6.96. The molecule has 0 atom stereocenters. The van der Waals surface area contributed by atoms with Crippen LogP contribution in [0.2, 0.25) is 0 Å². The number of hydrogen-bond acceptors (Lipinski definition) is 3. The van der Waals surface area contributed by atoms with E-state index < -0.39 is 0 Å². The first-order chi connectivity index (χ1) is 7.84. The average Bonchev–Trinajstić information content (AvgIpc) is 2.30. The molecule has 1 aromatic carbocycles. The normalized spacial score (nSPS) is 17.5. The fraction of sp³-hybridized carbons (Fsp3) is 0.538. The highest BCUT2D eigenvalue weighted by atomic mass is 32.2. The number of piperidine rings is 1. The van der Waals surface area contributed by atoms with Crippen LogP contribution in [-0.2, 0) is 0 Å². The van der Waals surface area contributed by atoms with E-state index in [1.54, 1.807) is 6.07 Å². The van der Waals surface area contributed by atoms with Gasteiger partial charge in [-0.25, -0.2) is 0 Å². The van der Waals surface area contributed by atoms with Gasteiger partial charge in [-0.2, -0.15) is 0 Å². The Labute approximate surface area is 101 Å². The van der Waals surface area contributed by atoms with Crippen LogP contribution < -0.4 is 5.32 Å². The predicted molar refractivity (Wildman–Crippen MR) is 69.0 cm³/mol. The molecule has 1 fully saturated rings. The lowest BCUT2D eigenvalue weighted by Crippen LogP contribution is -2.27. The zero-order chi connectivity index (χ0) is 11.2. The van der Waals surface area contributed by atoms with Crippen molar-refractivity contribution in [2.24, 2.45) is 5.92 Å². The van der Waals surface area contributed by atoms with Crippen LogP contribution in [0, 0.1) is 5.92 Å². The predicted octanol–water partition coefficient (Wildman–Crippen LogP) is 2.87. The van der Waals surface area contributed by atoms with Crippen molar-refractivity contribution >= 4 is 11.8 Å². The maximum absolute atomic E-state index is 9.34. The molecule has 2 nitrogen and oxygen atoms in total. The molecular weight excluding hydrogens is 218 g/mol. The van der Waals surface area contributed by atoms with Crippen molar-refractivity contribution in [2.75, 3.05) is 18.8 Å². The van der Waals surface area contributed by atoms with E-state index in [0.717, 1.165) is 11.7 Å². The number of rotatable bonds is 4. The summed E-state index contributed by atoms with van der Waals surface area (Å²) >= 11 is 1.85. The Morgan fingerprint density at radius 2 is 2.12 bits per heavy atom. The van der Waals surface area contributed by atoms with E-state index in [4.69, 9.17) is 0 Å². The Hall–Kier alpha value is -0.670. The van der Waals surface area contributed by atoms with E-state index in [0.29, 0.717) is 5.75 Å². The molecule has 1 aromatic rings. The molecule has 1 aliphatic rings. The molecule has 2 rings (SSSR count). The second-order valence-corrected chi connectivity index (χ2v) is 5.50.